The molecule has 7 heteroatoms. The summed E-state index contributed by atoms with van der Waals surface area (Å²) in [7, 11) is 0. The second kappa shape index (κ2) is 4.33. The highest BCUT2D eigenvalue weighted by Crippen LogP contribution is 2.24. The summed E-state index contributed by atoms with van der Waals surface area (Å²) in [4.78, 5) is 14.1. The highest BCUT2D eigenvalue weighted by molar-refractivity contribution is 14.1. The monoisotopic (exact) mass is 331 g/mol. The lowest BCUT2D eigenvalue weighted by Crippen LogP contribution is -2.18. The first-order valence-corrected chi connectivity index (χ1v) is 4.79. The number of hydrogen-bond donors (Lipinski definition) is 0. The van der Waals surface area contributed by atoms with Gasteiger partial charge in [0.2, 0.25) is 5.88 Å². The van der Waals surface area contributed by atoms with Crippen LogP contribution in [0.3, 0.4) is 0 Å². The van der Waals surface area contributed by atoms with E-state index in [2.05, 4.69) is 9.72 Å². The lowest BCUT2D eigenvalue weighted by molar-refractivity contribution is -0.276. The second-order valence-electron chi connectivity index (χ2n) is 2.63. The van der Waals surface area contributed by atoms with Crippen LogP contribution < -0.4 is 4.74 Å². The number of carbonyl (C=O) groups is 1. The van der Waals surface area contributed by atoms with E-state index >= 15 is 0 Å². The van der Waals surface area contributed by atoms with Crippen LogP contribution in [0.5, 0.6) is 5.88 Å². The van der Waals surface area contributed by atoms with E-state index in [0.717, 1.165) is 6.07 Å². The van der Waals surface area contributed by atoms with Crippen LogP contribution in [0.15, 0.2) is 6.07 Å². The summed E-state index contributed by atoms with van der Waals surface area (Å²) < 4.78 is 39.5. The number of ether oxygens (including phenoxy) is 1. The predicted molar refractivity (Wildman–Crippen MR) is 53.8 cm³/mol. The van der Waals surface area contributed by atoms with Crippen molar-refractivity contribution in [3.05, 3.63) is 20.9 Å². The summed E-state index contributed by atoms with van der Waals surface area (Å²) in [6.45, 7) is 1.59. The molecule has 0 aliphatic carbocycles. The van der Waals surface area contributed by atoms with Gasteiger partial charge >= 0.3 is 6.36 Å². The molecule has 0 saturated heterocycles. The van der Waals surface area contributed by atoms with Crippen molar-refractivity contribution in [3.8, 4) is 5.88 Å². The van der Waals surface area contributed by atoms with E-state index in [-0.39, 0.29) is 5.56 Å². The van der Waals surface area contributed by atoms with Crippen molar-refractivity contribution < 1.29 is 22.7 Å². The molecule has 82 valence electrons. The molecule has 3 nitrogen and oxygen atoms in total. The Morgan fingerprint density at radius 1 is 1.53 bits per heavy atom. The highest BCUT2D eigenvalue weighted by atomic mass is 127. The Balaban J connectivity index is 3.11. The van der Waals surface area contributed by atoms with Gasteiger partial charge in [0.25, 0.3) is 0 Å². The van der Waals surface area contributed by atoms with Gasteiger partial charge in [-0.2, -0.15) is 0 Å². The fourth-order valence-corrected chi connectivity index (χ4v) is 1.42. The largest absolute Gasteiger partial charge is 0.574 e. The lowest BCUT2D eigenvalue weighted by Gasteiger charge is -2.09. The summed E-state index contributed by atoms with van der Waals surface area (Å²) in [5, 5.41) is 0. The number of hydrogen-bond acceptors (Lipinski definition) is 3. The second-order valence-corrected chi connectivity index (χ2v) is 3.65. The highest BCUT2D eigenvalue weighted by Gasteiger charge is 2.32. The Hall–Kier alpha value is -0.860. The average molecular weight is 331 g/mol. The van der Waals surface area contributed by atoms with E-state index in [9.17, 15) is 18.0 Å². The normalized spacial score (nSPS) is 11.3. The van der Waals surface area contributed by atoms with Crippen molar-refractivity contribution in [2.24, 2.45) is 0 Å². The van der Waals surface area contributed by atoms with Gasteiger partial charge in [0, 0.05) is 11.6 Å². The van der Waals surface area contributed by atoms with Crippen molar-refractivity contribution in [3.63, 3.8) is 0 Å². The van der Waals surface area contributed by atoms with Gasteiger partial charge in [0.15, 0.2) is 6.29 Å². The third-order valence-electron chi connectivity index (χ3n) is 1.58. The van der Waals surface area contributed by atoms with Gasteiger partial charge in [0.05, 0.1) is 0 Å². The zero-order chi connectivity index (χ0) is 11.6. The molecule has 0 fully saturated rings. The van der Waals surface area contributed by atoms with E-state index in [4.69, 9.17) is 0 Å². The van der Waals surface area contributed by atoms with Crippen LogP contribution in [0, 0.1) is 10.6 Å². The molecule has 15 heavy (non-hydrogen) atoms. The smallest absolute Gasteiger partial charge is 0.388 e. The Kier molecular flexibility index (Phi) is 3.53. The molecular weight excluding hydrogens is 326 g/mol. The third-order valence-corrected chi connectivity index (χ3v) is 2.63. The molecule has 0 aliphatic rings. The van der Waals surface area contributed by atoms with Crippen LogP contribution in [-0.4, -0.2) is 17.6 Å². The van der Waals surface area contributed by atoms with E-state index in [1.165, 1.54) is 0 Å². The van der Waals surface area contributed by atoms with Gasteiger partial charge in [-0.1, -0.05) is 0 Å². The maximum Gasteiger partial charge on any atom is 0.574 e. The molecule has 1 aromatic heterocycles. The van der Waals surface area contributed by atoms with Gasteiger partial charge < -0.3 is 4.74 Å². The van der Waals surface area contributed by atoms with Gasteiger partial charge in [-0.05, 0) is 35.1 Å². The quantitative estimate of drug-likeness (QED) is 0.475. The van der Waals surface area contributed by atoms with Crippen LogP contribution >= 0.6 is 22.6 Å². The summed E-state index contributed by atoms with van der Waals surface area (Å²) >= 11 is 1.73. The van der Waals surface area contributed by atoms with Crippen LogP contribution in [0.2, 0.25) is 0 Å². The van der Waals surface area contributed by atoms with Crippen LogP contribution in [-0.2, 0) is 0 Å². The fourth-order valence-electron chi connectivity index (χ4n) is 0.867. The molecule has 0 bridgehead atoms. The van der Waals surface area contributed by atoms with E-state index in [0.29, 0.717) is 15.6 Å². The van der Waals surface area contributed by atoms with Crippen LogP contribution in [0.1, 0.15) is 15.9 Å². The fraction of sp³-hybridized carbons (Fsp3) is 0.250. The molecule has 1 rings (SSSR count). The third kappa shape index (κ3) is 3.33. The Bertz CT molecular complexity index is 392. The molecule has 0 aromatic carbocycles. The first-order chi connectivity index (χ1) is 6.83. The number of aldehydes is 1. The molecule has 0 unspecified atom stereocenters. The minimum absolute atomic E-state index is 0.133. The predicted octanol–water partition coefficient (Wildman–Crippen LogP) is 2.71. The van der Waals surface area contributed by atoms with Crippen molar-refractivity contribution >= 4 is 28.9 Å². The number of alkyl halides is 3. The average Bonchev–Trinajstić information content (AvgIpc) is 2.08. The van der Waals surface area contributed by atoms with E-state index in [1.807, 2.05) is 0 Å². The molecule has 1 heterocycles. The molecule has 0 amide bonds. The SMILES string of the molecule is Cc1c(C=O)cc(OC(F)(F)F)nc1I. The standard InChI is InChI=1S/C8H5F3INO2/c1-4-5(3-14)2-6(13-7(4)12)15-8(9,10)11/h2-3H,1H3. The van der Waals surface area contributed by atoms with Gasteiger partial charge in [0.1, 0.15) is 3.70 Å². The van der Waals surface area contributed by atoms with Crippen molar-refractivity contribution in [1.82, 2.24) is 4.98 Å². The summed E-state index contributed by atoms with van der Waals surface area (Å²) in [5.74, 6) is -0.625. The summed E-state index contributed by atoms with van der Waals surface area (Å²) in [6.07, 6.45) is -4.34. The molecule has 0 atom stereocenters. The maximum absolute atomic E-state index is 11.9. The minimum atomic E-state index is -4.80. The van der Waals surface area contributed by atoms with Gasteiger partial charge in [-0.25, -0.2) is 4.98 Å². The number of nitrogens with zero attached hydrogens (tertiary/aromatic N) is 1. The minimum Gasteiger partial charge on any atom is -0.388 e. The summed E-state index contributed by atoms with van der Waals surface area (Å²) in [6, 6.07) is 0.956. The Morgan fingerprint density at radius 2 is 2.13 bits per heavy atom. The van der Waals surface area contributed by atoms with E-state index < -0.39 is 12.2 Å². The van der Waals surface area contributed by atoms with E-state index in [1.54, 1.807) is 29.5 Å². The first kappa shape index (κ1) is 12.2. The topological polar surface area (TPSA) is 39.2 Å². The summed E-state index contributed by atoms with van der Waals surface area (Å²) in [5.41, 5.74) is 0.661. The zero-order valence-corrected chi connectivity index (χ0v) is 9.59. The molecule has 0 N–H and O–H groups in total. The molecule has 0 spiro atoms. The number of aromatic nitrogens is 1. The van der Waals surface area contributed by atoms with Crippen molar-refractivity contribution in [2.45, 2.75) is 13.3 Å². The molecule has 0 radical (unpaired) electrons. The molecule has 1 aromatic rings. The van der Waals surface area contributed by atoms with Crippen molar-refractivity contribution in [1.29, 1.82) is 0 Å². The number of halogens is 4. The Morgan fingerprint density at radius 3 is 2.60 bits per heavy atom. The van der Waals surface area contributed by atoms with Gasteiger partial charge in [-0.3, -0.25) is 4.79 Å². The number of pyridine rings is 1. The maximum atomic E-state index is 11.9. The molecule has 0 saturated carbocycles. The van der Waals surface area contributed by atoms with Crippen molar-refractivity contribution in [2.75, 3.05) is 0 Å². The number of carbonyl (C=O) groups excluding carboxylic acids is 1. The first-order valence-electron chi connectivity index (χ1n) is 3.71. The lowest BCUT2D eigenvalue weighted by atomic mass is 10.2. The number of rotatable bonds is 2. The Labute approximate surface area is 96.8 Å². The molecule has 0 aliphatic heterocycles. The zero-order valence-electron chi connectivity index (χ0n) is 7.43. The molecular formula is C8H5F3INO2. The van der Waals surface area contributed by atoms with Crippen LogP contribution in [0.4, 0.5) is 13.2 Å². The van der Waals surface area contributed by atoms with Gasteiger partial charge in [-0.15, -0.1) is 13.2 Å². The van der Waals surface area contributed by atoms with Crippen LogP contribution in [0.25, 0.3) is 0 Å².